The van der Waals surface area contributed by atoms with Crippen LogP contribution in [-0.4, -0.2) is 53.6 Å². The molecule has 0 aliphatic carbocycles. The van der Waals surface area contributed by atoms with E-state index in [1.807, 2.05) is 11.8 Å². The van der Waals surface area contributed by atoms with Crippen LogP contribution in [0.25, 0.3) is 0 Å². The Bertz CT molecular complexity index is 723. The van der Waals surface area contributed by atoms with E-state index in [9.17, 15) is 9.18 Å². The van der Waals surface area contributed by atoms with Crippen LogP contribution in [0.15, 0.2) is 36.5 Å². The number of methoxy groups -OCH3 is 1. The van der Waals surface area contributed by atoms with E-state index in [1.54, 1.807) is 29.2 Å². The lowest BCUT2D eigenvalue weighted by Crippen LogP contribution is -2.54. The van der Waals surface area contributed by atoms with E-state index in [4.69, 9.17) is 4.74 Å². The van der Waals surface area contributed by atoms with Gasteiger partial charge in [-0.1, -0.05) is 6.07 Å². The number of ether oxygens (including phenoxy) is 1. The molecule has 1 aliphatic heterocycles. The molecule has 0 saturated carbocycles. The number of carbonyl (C=O) groups is 1. The summed E-state index contributed by atoms with van der Waals surface area (Å²) < 4.78 is 18.3. The Balaban J connectivity index is 1.69. The minimum atomic E-state index is -0.498. The molecule has 3 heterocycles. The second-order valence-corrected chi connectivity index (χ2v) is 5.70. The lowest BCUT2D eigenvalue weighted by Gasteiger charge is -2.40. The molecule has 0 spiro atoms. The molecule has 0 aromatic carbocycles. The summed E-state index contributed by atoms with van der Waals surface area (Å²) in [7, 11) is 1.53. The van der Waals surface area contributed by atoms with Crippen molar-refractivity contribution < 1.29 is 13.9 Å². The summed E-state index contributed by atoms with van der Waals surface area (Å²) in [5.74, 6) is 0.508. The lowest BCUT2D eigenvalue weighted by molar-refractivity contribution is 0.0725. The van der Waals surface area contributed by atoms with Gasteiger partial charge in [0.1, 0.15) is 5.82 Å². The number of carbonyl (C=O) groups excluding carboxylic acids is 1. The van der Waals surface area contributed by atoms with E-state index >= 15 is 0 Å². The zero-order valence-corrected chi connectivity index (χ0v) is 13.6. The number of anilines is 1. The minimum absolute atomic E-state index is 0.0446. The number of hydrogen-bond donors (Lipinski definition) is 0. The van der Waals surface area contributed by atoms with Gasteiger partial charge in [-0.25, -0.2) is 9.97 Å². The number of aromatic nitrogens is 2. The second-order valence-electron chi connectivity index (χ2n) is 5.70. The van der Waals surface area contributed by atoms with E-state index in [1.165, 1.54) is 19.4 Å². The Morgan fingerprint density at radius 3 is 2.75 bits per heavy atom. The quantitative estimate of drug-likeness (QED) is 0.806. The van der Waals surface area contributed by atoms with Crippen LogP contribution in [0.2, 0.25) is 0 Å². The van der Waals surface area contributed by atoms with E-state index < -0.39 is 5.95 Å². The zero-order valence-electron chi connectivity index (χ0n) is 13.6. The number of hydrogen-bond acceptors (Lipinski definition) is 5. The van der Waals surface area contributed by atoms with Gasteiger partial charge in [0.15, 0.2) is 0 Å². The van der Waals surface area contributed by atoms with Crippen molar-refractivity contribution in [3.05, 3.63) is 48.0 Å². The smallest absolute Gasteiger partial charge is 0.255 e. The average Bonchev–Trinajstić information content (AvgIpc) is 2.61. The van der Waals surface area contributed by atoms with Crippen molar-refractivity contribution in [2.45, 2.75) is 13.0 Å². The van der Waals surface area contributed by atoms with Crippen molar-refractivity contribution in [1.82, 2.24) is 14.9 Å². The van der Waals surface area contributed by atoms with Crippen molar-refractivity contribution in [2.75, 3.05) is 31.6 Å². The van der Waals surface area contributed by atoms with Gasteiger partial charge in [-0.3, -0.25) is 4.79 Å². The van der Waals surface area contributed by atoms with Gasteiger partial charge >= 0.3 is 0 Å². The first-order valence-corrected chi connectivity index (χ1v) is 7.77. The monoisotopic (exact) mass is 330 g/mol. The van der Waals surface area contributed by atoms with E-state index in [0.29, 0.717) is 36.9 Å². The van der Waals surface area contributed by atoms with Crippen LogP contribution >= 0.6 is 0 Å². The Kier molecular flexibility index (Phi) is 4.59. The molecular weight excluding hydrogens is 311 g/mol. The summed E-state index contributed by atoms with van der Waals surface area (Å²) in [4.78, 5) is 24.4. The lowest BCUT2D eigenvalue weighted by atomic mass is 10.1. The topological polar surface area (TPSA) is 58.6 Å². The molecule has 2 aromatic rings. The highest BCUT2D eigenvalue weighted by atomic mass is 19.1. The predicted octanol–water partition coefficient (Wildman–Crippen LogP) is 1.98. The Morgan fingerprint density at radius 2 is 2.12 bits per heavy atom. The second kappa shape index (κ2) is 6.82. The fraction of sp³-hybridized carbons (Fsp3) is 0.353. The van der Waals surface area contributed by atoms with Gasteiger partial charge in [0.2, 0.25) is 11.8 Å². The highest BCUT2D eigenvalue weighted by Crippen LogP contribution is 2.20. The first kappa shape index (κ1) is 16.2. The van der Waals surface area contributed by atoms with Gasteiger partial charge in [0.05, 0.1) is 12.7 Å². The van der Waals surface area contributed by atoms with E-state index in [-0.39, 0.29) is 11.9 Å². The Morgan fingerprint density at radius 1 is 1.29 bits per heavy atom. The standard InChI is InChI=1S/C17H19FN4O2/c1-12-11-21(17(23)13-6-7-16(24-2)19-10-13)8-9-22(12)15-5-3-4-14(18)20-15/h3-7,10,12H,8-9,11H2,1-2H3. The third-order valence-electron chi connectivity index (χ3n) is 4.10. The maximum Gasteiger partial charge on any atom is 0.255 e. The molecule has 6 nitrogen and oxygen atoms in total. The van der Waals surface area contributed by atoms with Crippen LogP contribution in [-0.2, 0) is 0 Å². The Hall–Kier alpha value is -2.70. The normalized spacial score (nSPS) is 17.7. The fourth-order valence-corrected chi connectivity index (χ4v) is 2.85. The third kappa shape index (κ3) is 3.29. The first-order valence-electron chi connectivity index (χ1n) is 7.77. The molecule has 0 bridgehead atoms. The molecule has 1 aliphatic rings. The molecule has 7 heteroatoms. The van der Waals surface area contributed by atoms with Crippen molar-refractivity contribution in [3.8, 4) is 5.88 Å². The van der Waals surface area contributed by atoms with Gasteiger partial charge < -0.3 is 14.5 Å². The average molecular weight is 330 g/mol. The van der Waals surface area contributed by atoms with Gasteiger partial charge in [-0.15, -0.1) is 0 Å². The van der Waals surface area contributed by atoms with Gasteiger partial charge in [-0.2, -0.15) is 4.39 Å². The highest BCUT2D eigenvalue weighted by Gasteiger charge is 2.28. The molecule has 1 unspecified atom stereocenters. The summed E-state index contributed by atoms with van der Waals surface area (Å²) >= 11 is 0. The van der Waals surface area contributed by atoms with E-state index in [2.05, 4.69) is 9.97 Å². The SMILES string of the molecule is COc1ccc(C(=O)N2CCN(c3cccc(F)n3)C(C)C2)cn1. The Labute approximate surface area is 139 Å². The number of nitrogens with zero attached hydrogens (tertiary/aromatic N) is 4. The molecule has 0 N–H and O–H groups in total. The number of rotatable bonds is 3. The summed E-state index contributed by atoms with van der Waals surface area (Å²) in [5, 5.41) is 0. The van der Waals surface area contributed by atoms with Crippen LogP contribution in [0.3, 0.4) is 0 Å². The fourth-order valence-electron chi connectivity index (χ4n) is 2.85. The van der Waals surface area contributed by atoms with Crippen LogP contribution in [0.4, 0.5) is 10.2 Å². The number of amides is 1. The summed E-state index contributed by atoms with van der Waals surface area (Å²) in [6.45, 7) is 3.70. The maximum atomic E-state index is 13.3. The van der Waals surface area contributed by atoms with Gasteiger partial charge in [-0.05, 0) is 25.1 Å². The molecular formula is C17H19FN4O2. The molecule has 0 radical (unpaired) electrons. The molecule has 1 amide bonds. The minimum Gasteiger partial charge on any atom is -0.481 e. The van der Waals surface area contributed by atoms with Crippen LogP contribution in [0.5, 0.6) is 5.88 Å². The molecule has 1 saturated heterocycles. The molecule has 3 rings (SSSR count). The summed E-state index contributed by atoms with van der Waals surface area (Å²) in [6.07, 6.45) is 1.52. The third-order valence-corrected chi connectivity index (χ3v) is 4.10. The molecule has 2 aromatic heterocycles. The number of pyridine rings is 2. The predicted molar refractivity (Wildman–Crippen MR) is 87.7 cm³/mol. The summed E-state index contributed by atoms with van der Waals surface area (Å²) in [6, 6.07) is 8.17. The van der Waals surface area contributed by atoms with Gasteiger partial charge in [0, 0.05) is 37.9 Å². The molecule has 24 heavy (non-hydrogen) atoms. The van der Waals surface area contributed by atoms with Crippen molar-refractivity contribution in [3.63, 3.8) is 0 Å². The summed E-state index contributed by atoms with van der Waals surface area (Å²) in [5.41, 5.74) is 0.528. The van der Waals surface area contributed by atoms with Crippen LogP contribution in [0.1, 0.15) is 17.3 Å². The first-order chi connectivity index (χ1) is 11.6. The zero-order chi connectivity index (χ0) is 17.1. The van der Waals surface area contributed by atoms with Crippen molar-refractivity contribution in [2.24, 2.45) is 0 Å². The number of halogens is 1. The maximum absolute atomic E-state index is 13.3. The largest absolute Gasteiger partial charge is 0.481 e. The molecule has 1 atom stereocenters. The van der Waals surface area contributed by atoms with Crippen LogP contribution in [0, 0.1) is 5.95 Å². The number of piperazine rings is 1. The molecule has 1 fully saturated rings. The highest BCUT2D eigenvalue weighted by molar-refractivity contribution is 5.94. The van der Waals surface area contributed by atoms with Gasteiger partial charge in [0.25, 0.3) is 5.91 Å². The van der Waals surface area contributed by atoms with E-state index in [0.717, 1.165) is 0 Å². The van der Waals surface area contributed by atoms with Crippen molar-refractivity contribution in [1.29, 1.82) is 0 Å². The van der Waals surface area contributed by atoms with Crippen LogP contribution < -0.4 is 9.64 Å². The van der Waals surface area contributed by atoms with Crippen molar-refractivity contribution >= 4 is 11.7 Å². The molecule has 126 valence electrons.